The first kappa shape index (κ1) is 9.28. The molecule has 66 valence electrons. The number of anilines is 1. The third-order valence-corrected chi connectivity index (χ3v) is 1.84. The monoisotopic (exact) mass is 206 g/mol. The number of nitrogens with one attached hydrogen (secondary N) is 1. The Labute approximate surface area is 75.6 Å². The molecule has 12 heavy (non-hydrogen) atoms. The molecule has 0 amide bonds. The SMILES string of the molecule is CS(=O)(=O)Nc1ccnc(Cl)c1. The van der Waals surface area contributed by atoms with Crippen molar-refractivity contribution in [2.45, 2.75) is 0 Å². The minimum absolute atomic E-state index is 0.253. The van der Waals surface area contributed by atoms with Crippen LogP contribution in [0.1, 0.15) is 0 Å². The number of sulfonamides is 1. The van der Waals surface area contributed by atoms with E-state index >= 15 is 0 Å². The maximum absolute atomic E-state index is 10.7. The Kier molecular flexibility index (Phi) is 2.54. The lowest BCUT2D eigenvalue weighted by molar-refractivity contribution is 0.607. The molecule has 6 heteroatoms. The predicted octanol–water partition coefficient (Wildman–Crippen LogP) is 1.11. The third kappa shape index (κ3) is 3.06. The van der Waals surface area contributed by atoms with E-state index in [0.29, 0.717) is 5.69 Å². The van der Waals surface area contributed by atoms with E-state index in [-0.39, 0.29) is 5.15 Å². The molecule has 0 aromatic carbocycles. The Bertz CT molecular complexity index is 377. The van der Waals surface area contributed by atoms with Gasteiger partial charge in [0.1, 0.15) is 5.15 Å². The van der Waals surface area contributed by atoms with Crippen LogP contribution in [0.2, 0.25) is 5.15 Å². The Morgan fingerprint density at radius 1 is 1.58 bits per heavy atom. The first-order valence-corrected chi connectivity index (χ1v) is 5.34. The Morgan fingerprint density at radius 2 is 2.25 bits per heavy atom. The van der Waals surface area contributed by atoms with Gasteiger partial charge in [-0.25, -0.2) is 13.4 Å². The molecule has 0 saturated carbocycles. The minimum atomic E-state index is -3.23. The van der Waals surface area contributed by atoms with Gasteiger partial charge < -0.3 is 0 Å². The fourth-order valence-corrected chi connectivity index (χ4v) is 1.41. The standard InChI is InChI=1S/C6H7ClN2O2S/c1-12(10,11)9-5-2-3-8-6(7)4-5/h2-4H,1H3,(H,8,9). The summed E-state index contributed by atoms with van der Waals surface area (Å²) in [6.07, 6.45) is 2.50. The Hall–Kier alpha value is -0.810. The minimum Gasteiger partial charge on any atom is -0.284 e. The van der Waals surface area contributed by atoms with Gasteiger partial charge in [-0.2, -0.15) is 0 Å². The van der Waals surface area contributed by atoms with Crippen molar-refractivity contribution in [3.8, 4) is 0 Å². The summed E-state index contributed by atoms with van der Waals surface area (Å²) in [5, 5.41) is 0.253. The van der Waals surface area contributed by atoms with Gasteiger partial charge in [-0.05, 0) is 12.1 Å². The molecule has 0 bridgehead atoms. The van der Waals surface area contributed by atoms with Gasteiger partial charge in [-0.15, -0.1) is 0 Å². The van der Waals surface area contributed by atoms with E-state index in [1.807, 2.05) is 0 Å². The van der Waals surface area contributed by atoms with Crippen LogP contribution in [0.4, 0.5) is 5.69 Å². The van der Waals surface area contributed by atoms with Crippen LogP contribution in [0.15, 0.2) is 18.3 Å². The predicted molar refractivity (Wildman–Crippen MR) is 47.7 cm³/mol. The number of pyridine rings is 1. The lowest BCUT2D eigenvalue weighted by Crippen LogP contribution is -2.09. The van der Waals surface area contributed by atoms with Crippen LogP contribution < -0.4 is 4.72 Å². The summed E-state index contributed by atoms with van der Waals surface area (Å²) in [7, 11) is -3.23. The topological polar surface area (TPSA) is 59.1 Å². The highest BCUT2D eigenvalue weighted by Crippen LogP contribution is 2.12. The summed E-state index contributed by atoms with van der Waals surface area (Å²) < 4.78 is 23.7. The number of hydrogen-bond acceptors (Lipinski definition) is 3. The van der Waals surface area contributed by atoms with Crippen molar-refractivity contribution in [3.63, 3.8) is 0 Å². The van der Waals surface area contributed by atoms with E-state index < -0.39 is 10.0 Å². The maximum Gasteiger partial charge on any atom is 0.229 e. The Balaban J connectivity index is 2.91. The summed E-state index contributed by atoms with van der Waals surface area (Å²) in [6, 6.07) is 2.95. The first-order valence-electron chi connectivity index (χ1n) is 3.07. The number of nitrogens with zero attached hydrogens (tertiary/aromatic N) is 1. The third-order valence-electron chi connectivity index (χ3n) is 1.03. The first-order chi connectivity index (χ1) is 5.47. The number of rotatable bonds is 2. The lowest BCUT2D eigenvalue weighted by atomic mass is 10.4. The van der Waals surface area contributed by atoms with E-state index in [2.05, 4.69) is 9.71 Å². The quantitative estimate of drug-likeness (QED) is 0.738. The van der Waals surface area contributed by atoms with E-state index in [9.17, 15) is 8.42 Å². The zero-order chi connectivity index (χ0) is 9.19. The molecule has 1 aromatic rings. The van der Waals surface area contributed by atoms with Gasteiger partial charge in [0.15, 0.2) is 0 Å². The molecule has 1 aromatic heterocycles. The number of hydrogen-bond donors (Lipinski definition) is 1. The van der Waals surface area contributed by atoms with Crippen molar-refractivity contribution in [2.75, 3.05) is 11.0 Å². The van der Waals surface area contributed by atoms with Gasteiger partial charge in [0.2, 0.25) is 10.0 Å². The summed E-state index contributed by atoms with van der Waals surface area (Å²) in [5.41, 5.74) is 0.414. The largest absolute Gasteiger partial charge is 0.284 e. The van der Waals surface area contributed by atoms with Crippen LogP contribution in [-0.2, 0) is 10.0 Å². The molecule has 0 aliphatic heterocycles. The number of halogens is 1. The normalized spacial score (nSPS) is 11.2. The second-order valence-electron chi connectivity index (χ2n) is 2.24. The molecular formula is C6H7ClN2O2S. The van der Waals surface area contributed by atoms with Crippen molar-refractivity contribution in [3.05, 3.63) is 23.5 Å². The van der Waals surface area contributed by atoms with Gasteiger partial charge >= 0.3 is 0 Å². The fraction of sp³-hybridized carbons (Fsp3) is 0.167. The average molecular weight is 207 g/mol. The molecule has 0 spiro atoms. The van der Waals surface area contributed by atoms with Crippen LogP contribution in [0.25, 0.3) is 0 Å². The molecule has 4 nitrogen and oxygen atoms in total. The molecule has 1 rings (SSSR count). The summed E-state index contributed by atoms with van der Waals surface area (Å²) >= 11 is 5.53. The van der Waals surface area contributed by atoms with E-state index in [1.54, 1.807) is 0 Å². The van der Waals surface area contributed by atoms with Gasteiger partial charge in [0, 0.05) is 6.20 Å². The molecule has 0 fully saturated rings. The van der Waals surface area contributed by atoms with Crippen molar-refractivity contribution in [1.29, 1.82) is 0 Å². The molecular weight excluding hydrogens is 200 g/mol. The fourth-order valence-electron chi connectivity index (χ4n) is 0.680. The lowest BCUT2D eigenvalue weighted by Gasteiger charge is -2.01. The van der Waals surface area contributed by atoms with Crippen molar-refractivity contribution < 1.29 is 8.42 Å². The van der Waals surface area contributed by atoms with Crippen LogP contribution in [-0.4, -0.2) is 19.7 Å². The Morgan fingerprint density at radius 3 is 2.75 bits per heavy atom. The zero-order valence-electron chi connectivity index (χ0n) is 6.28. The maximum atomic E-state index is 10.7. The highest BCUT2D eigenvalue weighted by atomic mass is 35.5. The van der Waals surface area contributed by atoms with E-state index in [4.69, 9.17) is 11.6 Å². The molecule has 0 aliphatic carbocycles. The van der Waals surface area contributed by atoms with Crippen molar-refractivity contribution in [1.82, 2.24) is 4.98 Å². The molecule has 0 atom stereocenters. The average Bonchev–Trinajstić information content (AvgIpc) is 1.82. The van der Waals surface area contributed by atoms with Crippen molar-refractivity contribution >= 4 is 27.3 Å². The molecule has 0 saturated heterocycles. The summed E-state index contributed by atoms with van der Waals surface area (Å²) in [4.78, 5) is 3.70. The second-order valence-corrected chi connectivity index (χ2v) is 4.38. The van der Waals surface area contributed by atoms with Crippen LogP contribution in [0.3, 0.4) is 0 Å². The second kappa shape index (κ2) is 3.28. The van der Waals surface area contributed by atoms with Crippen LogP contribution >= 0.6 is 11.6 Å². The summed E-state index contributed by atoms with van der Waals surface area (Å²) in [6.45, 7) is 0. The van der Waals surface area contributed by atoms with Gasteiger partial charge in [-0.1, -0.05) is 11.6 Å². The number of aromatic nitrogens is 1. The molecule has 1 heterocycles. The zero-order valence-corrected chi connectivity index (χ0v) is 7.85. The molecule has 0 radical (unpaired) electrons. The van der Waals surface area contributed by atoms with Gasteiger partial charge in [0.05, 0.1) is 11.9 Å². The molecule has 0 aliphatic rings. The van der Waals surface area contributed by atoms with Crippen LogP contribution in [0.5, 0.6) is 0 Å². The highest BCUT2D eigenvalue weighted by molar-refractivity contribution is 7.92. The van der Waals surface area contributed by atoms with Gasteiger partial charge in [0.25, 0.3) is 0 Å². The van der Waals surface area contributed by atoms with E-state index in [0.717, 1.165) is 6.26 Å². The highest BCUT2D eigenvalue weighted by Gasteiger charge is 2.01. The molecule has 0 unspecified atom stereocenters. The summed E-state index contributed by atoms with van der Waals surface area (Å²) in [5.74, 6) is 0. The van der Waals surface area contributed by atoms with E-state index in [1.165, 1.54) is 18.3 Å². The van der Waals surface area contributed by atoms with Crippen LogP contribution in [0, 0.1) is 0 Å². The van der Waals surface area contributed by atoms with Crippen molar-refractivity contribution in [2.24, 2.45) is 0 Å². The van der Waals surface area contributed by atoms with Gasteiger partial charge in [-0.3, -0.25) is 4.72 Å². The smallest absolute Gasteiger partial charge is 0.229 e. The molecule has 1 N–H and O–H groups in total.